The number of halogens is 5. The molecule has 0 bridgehead atoms. The van der Waals surface area contributed by atoms with Crippen molar-refractivity contribution in [3.63, 3.8) is 0 Å². The Hall–Kier alpha value is -3.82. The summed E-state index contributed by atoms with van der Waals surface area (Å²) in [6.45, 7) is 0.222. The largest absolute Gasteiger partial charge is 0.417 e. The first-order valence-electron chi connectivity index (χ1n) is 10.9. The maximum atomic E-state index is 13.1. The number of benzene rings is 3. The summed E-state index contributed by atoms with van der Waals surface area (Å²) < 4.78 is 39.2. The molecule has 0 spiro atoms. The number of anilines is 1. The maximum Gasteiger partial charge on any atom is 0.417 e. The second-order valence-electron chi connectivity index (χ2n) is 8.07. The maximum absolute atomic E-state index is 13.1. The van der Waals surface area contributed by atoms with E-state index in [4.69, 9.17) is 23.2 Å². The number of amides is 3. The SMILES string of the molecule is O=C(Nc1ccc(Cl)c(C(F)(F)F)c1)c1ccc(CNC2=C(Cl)C(=O)N(Cc3ccccc3)C2=O)cc1. The molecule has 0 unspecified atom stereocenters. The lowest BCUT2D eigenvalue weighted by molar-refractivity contribution is -0.139. The minimum Gasteiger partial charge on any atom is -0.375 e. The Bertz CT molecular complexity index is 1390. The number of carbonyl (C=O) groups is 3. The van der Waals surface area contributed by atoms with Gasteiger partial charge < -0.3 is 10.6 Å². The Balaban J connectivity index is 1.38. The van der Waals surface area contributed by atoms with Crippen molar-refractivity contribution in [1.82, 2.24) is 10.2 Å². The molecule has 3 amide bonds. The summed E-state index contributed by atoms with van der Waals surface area (Å²) in [5.41, 5.74) is 0.513. The second-order valence-corrected chi connectivity index (χ2v) is 8.85. The predicted molar refractivity (Wildman–Crippen MR) is 133 cm³/mol. The zero-order chi connectivity index (χ0) is 26.7. The highest BCUT2D eigenvalue weighted by Crippen LogP contribution is 2.36. The number of nitrogens with zero attached hydrogens (tertiary/aromatic N) is 1. The molecule has 37 heavy (non-hydrogen) atoms. The van der Waals surface area contributed by atoms with E-state index in [0.29, 0.717) is 5.56 Å². The summed E-state index contributed by atoms with van der Waals surface area (Å²) >= 11 is 11.7. The van der Waals surface area contributed by atoms with E-state index in [1.165, 1.54) is 18.2 Å². The molecule has 11 heteroatoms. The van der Waals surface area contributed by atoms with Gasteiger partial charge in [0.15, 0.2) is 0 Å². The second kappa shape index (κ2) is 10.7. The molecule has 3 aromatic carbocycles. The molecule has 0 atom stereocenters. The Morgan fingerprint density at radius 1 is 0.865 bits per heavy atom. The first-order valence-corrected chi connectivity index (χ1v) is 11.6. The monoisotopic (exact) mass is 547 g/mol. The zero-order valence-corrected chi connectivity index (χ0v) is 20.4. The lowest BCUT2D eigenvalue weighted by atomic mass is 10.1. The van der Waals surface area contributed by atoms with Gasteiger partial charge in [-0.3, -0.25) is 19.3 Å². The van der Waals surface area contributed by atoms with Gasteiger partial charge in [0, 0.05) is 17.8 Å². The van der Waals surface area contributed by atoms with Crippen molar-refractivity contribution >= 4 is 46.6 Å². The van der Waals surface area contributed by atoms with Crippen LogP contribution in [0.3, 0.4) is 0 Å². The molecule has 4 rings (SSSR count). The lowest BCUT2D eigenvalue weighted by Gasteiger charge is -2.15. The fourth-order valence-corrected chi connectivity index (χ4v) is 4.07. The molecule has 0 saturated carbocycles. The molecule has 0 saturated heterocycles. The summed E-state index contributed by atoms with van der Waals surface area (Å²) in [5.74, 6) is -1.76. The van der Waals surface area contributed by atoms with Crippen LogP contribution in [0.25, 0.3) is 0 Å². The third-order valence-corrected chi connectivity index (χ3v) is 6.19. The van der Waals surface area contributed by atoms with Crippen LogP contribution >= 0.6 is 23.2 Å². The summed E-state index contributed by atoms with van der Waals surface area (Å²) in [7, 11) is 0. The highest BCUT2D eigenvalue weighted by molar-refractivity contribution is 6.47. The van der Waals surface area contributed by atoms with E-state index in [1.807, 2.05) is 6.07 Å². The van der Waals surface area contributed by atoms with Crippen molar-refractivity contribution in [1.29, 1.82) is 0 Å². The van der Waals surface area contributed by atoms with Gasteiger partial charge in [0.05, 0.1) is 17.1 Å². The van der Waals surface area contributed by atoms with Crippen molar-refractivity contribution < 1.29 is 27.6 Å². The third kappa shape index (κ3) is 5.95. The van der Waals surface area contributed by atoms with Crippen LogP contribution in [0.4, 0.5) is 18.9 Å². The van der Waals surface area contributed by atoms with Gasteiger partial charge in [0.1, 0.15) is 10.7 Å². The van der Waals surface area contributed by atoms with Crippen molar-refractivity contribution in [2.24, 2.45) is 0 Å². The molecule has 6 nitrogen and oxygen atoms in total. The van der Waals surface area contributed by atoms with Gasteiger partial charge in [-0.25, -0.2) is 0 Å². The minimum absolute atomic E-state index is 0.0207. The van der Waals surface area contributed by atoms with Gasteiger partial charge in [-0.05, 0) is 41.5 Å². The summed E-state index contributed by atoms with van der Waals surface area (Å²) in [4.78, 5) is 38.8. The number of carbonyl (C=O) groups excluding carboxylic acids is 3. The first kappa shape index (κ1) is 26.2. The van der Waals surface area contributed by atoms with E-state index in [2.05, 4.69) is 10.6 Å². The van der Waals surface area contributed by atoms with Crippen LogP contribution < -0.4 is 10.6 Å². The summed E-state index contributed by atoms with van der Waals surface area (Å²) in [6, 6.07) is 18.3. The quantitative estimate of drug-likeness (QED) is 0.371. The molecule has 1 heterocycles. The first-order chi connectivity index (χ1) is 17.5. The Kier molecular flexibility index (Phi) is 7.56. The summed E-state index contributed by atoms with van der Waals surface area (Å²) in [6.07, 6.45) is -4.66. The topological polar surface area (TPSA) is 78.5 Å². The predicted octanol–water partition coefficient (Wildman–Crippen LogP) is 5.72. The number of alkyl halides is 3. The van der Waals surface area contributed by atoms with E-state index >= 15 is 0 Å². The molecule has 190 valence electrons. The van der Waals surface area contributed by atoms with Crippen LogP contribution in [0.15, 0.2) is 83.5 Å². The Morgan fingerprint density at radius 2 is 1.54 bits per heavy atom. The number of imide groups is 1. The molecule has 0 fully saturated rings. The van der Waals surface area contributed by atoms with Crippen LogP contribution in [-0.2, 0) is 28.9 Å². The molecule has 1 aliphatic heterocycles. The van der Waals surface area contributed by atoms with Crippen molar-refractivity contribution in [2.75, 3.05) is 5.32 Å². The van der Waals surface area contributed by atoms with Crippen molar-refractivity contribution in [3.8, 4) is 0 Å². The number of hydrogen-bond donors (Lipinski definition) is 2. The van der Waals surface area contributed by atoms with Gasteiger partial charge in [-0.15, -0.1) is 0 Å². The molecule has 0 aromatic heterocycles. The lowest BCUT2D eigenvalue weighted by Crippen LogP contribution is -2.33. The smallest absolute Gasteiger partial charge is 0.375 e. The molecular weight excluding hydrogens is 530 g/mol. The Labute approximate surface area is 219 Å². The highest BCUT2D eigenvalue weighted by atomic mass is 35.5. The van der Waals surface area contributed by atoms with E-state index < -0.39 is 34.5 Å². The fourth-order valence-electron chi connectivity index (χ4n) is 3.60. The van der Waals surface area contributed by atoms with Crippen LogP contribution in [0.5, 0.6) is 0 Å². The van der Waals surface area contributed by atoms with Gasteiger partial charge in [-0.2, -0.15) is 13.2 Å². The zero-order valence-electron chi connectivity index (χ0n) is 18.9. The van der Waals surface area contributed by atoms with Crippen LogP contribution in [0, 0.1) is 0 Å². The van der Waals surface area contributed by atoms with E-state index in [9.17, 15) is 27.6 Å². The van der Waals surface area contributed by atoms with Gasteiger partial charge in [0.25, 0.3) is 17.7 Å². The van der Waals surface area contributed by atoms with Crippen LogP contribution in [-0.4, -0.2) is 22.6 Å². The van der Waals surface area contributed by atoms with Crippen molar-refractivity contribution in [2.45, 2.75) is 19.3 Å². The average Bonchev–Trinajstić information content (AvgIpc) is 3.07. The van der Waals surface area contributed by atoms with E-state index in [1.54, 1.807) is 36.4 Å². The normalized spacial score (nSPS) is 13.8. The van der Waals surface area contributed by atoms with E-state index in [0.717, 1.165) is 22.6 Å². The Morgan fingerprint density at radius 3 is 2.19 bits per heavy atom. The standard InChI is InChI=1S/C26H18Cl2F3N3O3/c27-20-11-10-18(12-19(20)26(29,30)31)33-23(35)17-8-6-15(7-9-17)13-32-22-21(28)24(36)34(25(22)37)14-16-4-2-1-3-5-16/h1-12,32H,13-14H2,(H,33,35). The third-order valence-electron chi connectivity index (χ3n) is 5.51. The fraction of sp³-hybridized carbons (Fsp3) is 0.115. The molecular formula is C26H18Cl2F3N3O3. The van der Waals surface area contributed by atoms with Crippen molar-refractivity contribution in [3.05, 3.63) is 111 Å². The number of rotatable bonds is 7. The van der Waals surface area contributed by atoms with Gasteiger partial charge in [0.2, 0.25) is 0 Å². The minimum atomic E-state index is -4.66. The number of nitrogens with one attached hydrogen (secondary N) is 2. The molecule has 2 N–H and O–H groups in total. The molecule has 3 aromatic rings. The molecule has 0 radical (unpaired) electrons. The molecule has 0 aliphatic carbocycles. The van der Waals surface area contributed by atoms with Crippen LogP contribution in [0.1, 0.15) is 27.0 Å². The summed E-state index contributed by atoms with van der Waals surface area (Å²) in [5, 5.41) is 4.60. The highest BCUT2D eigenvalue weighted by Gasteiger charge is 2.37. The molecule has 1 aliphatic rings. The van der Waals surface area contributed by atoms with Gasteiger partial charge in [-0.1, -0.05) is 65.7 Å². The average molecular weight is 548 g/mol. The van der Waals surface area contributed by atoms with E-state index in [-0.39, 0.29) is 35.1 Å². The number of hydrogen-bond acceptors (Lipinski definition) is 4. The van der Waals surface area contributed by atoms with Gasteiger partial charge >= 0.3 is 6.18 Å². The van der Waals surface area contributed by atoms with Crippen LogP contribution in [0.2, 0.25) is 5.02 Å².